The fourth-order valence-corrected chi connectivity index (χ4v) is 3.12. The second kappa shape index (κ2) is 6.98. The molecule has 2 atom stereocenters. The highest BCUT2D eigenvalue weighted by atomic mass is 79.9. The third-order valence-electron chi connectivity index (χ3n) is 3.46. The van der Waals surface area contributed by atoms with Crippen LogP contribution in [-0.4, -0.2) is 16.8 Å². The minimum absolute atomic E-state index is 0.128. The van der Waals surface area contributed by atoms with Crippen LogP contribution in [0, 0.1) is 0 Å². The zero-order chi connectivity index (χ0) is 12.8. The largest absolute Gasteiger partial charge is 0.469 e. The van der Waals surface area contributed by atoms with E-state index in [1.165, 1.54) is 19.3 Å². The molecular formula is C14H20BrNO2. The Balaban J connectivity index is 1.75. The summed E-state index contributed by atoms with van der Waals surface area (Å²) in [5.41, 5.74) is 0. The second-order valence-corrected chi connectivity index (χ2v) is 6.08. The van der Waals surface area contributed by atoms with Crippen molar-refractivity contribution in [3.8, 4) is 0 Å². The van der Waals surface area contributed by atoms with Crippen LogP contribution in [0.1, 0.15) is 44.3 Å². The van der Waals surface area contributed by atoms with Crippen molar-refractivity contribution in [1.82, 2.24) is 5.32 Å². The first-order valence-corrected chi connectivity index (χ1v) is 7.63. The Morgan fingerprint density at radius 1 is 1.39 bits per heavy atom. The van der Waals surface area contributed by atoms with Gasteiger partial charge in [0, 0.05) is 23.7 Å². The molecule has 0 aromatic carbocycles. The van der Waals surface area contributed by atoms with Crippen molar-refractivity contribution >= 4 is 21.8 Å². The van der Waals surface area contributed by atoms with E-state index in [2.05, 4.69) is 21.2 Å². The minimum atomic E-state index is 0.128. The van der Waals surface area contributed by atoms with Gasteiger partial charge in [-0.2, -0.15) is 0 Å². The van der Waals surface area contributed by atoms with E-state index < -0.39 is 0 Å². The van der Waals surface area contributed by atoms with Gasteiger partial charge in [-0.25, -0.2) is 0 Å². The number of furan rings is 1. The predicted molar refractivity (Wildman–Crippen MR) is 74.8 cm³/mol. The molecule has 0 radical (unpaired) electrons. The van der Waals surface area contributed by atoms with Crippen LogP contribution in [0.4, 0.5) is 0 Å². The van der Waals surface area contributed by atoms with E-state index >= 15 is 0 Å². The number of carbonyl (C=O) groups is 1. The predicted octanol–water partition coefficient (Wildman–Crippen LogP) is 3.42. The van der Waals surface area contributed by atoms with Crippen LogP contribution in [-0.2, 0) is 11.2 Å². The van der Waals surface area contributed by atoms with Gasteiger partial charge < -0.3 is 9.73 Å². The maximum absolute atomic E-state index is 11.9. The first-order valence-electron chi connectivity index (χ1n) is 6.71. The van der Waals surface area contributed by atoms with Crippen molar-refractivity contribution < 1.29 is 9.21 Å². The number of nitrogens with one attached hydrogen (secondary N) is 1. The molecular weight excluding hydrogens is 294 g/mol. The summed E-state index contributed by atoms with van der Waals surface area (Å²) in [5, 5.41) is 3.14. The summed E-state index contributed by atoms with van der Waals surface area (Å²) in [6, 6.07) is 4.05. The summed E-state index contributed by atoms with van der Waals surface area (Å²) in [6.45, 7) is 0. The molecule has 1 saturated carbocycles. The molecule has 1 amide bonds. The van der Waals surface area contributed by atoms with E-state index in [9.17, 15) is 4.79 Å². The number of alkyl halides is 1. The Morgan fingerprint density at radius 2 is 2.22 bits per heavy atom. The monoisotopic (exact) mass is 313 g/mol. The van der Waals surface area contributed by atoms with Gasteiger partial charge in [-0.1, -0.05) is 35.2 Å². The summed E-state index contributed by atoms with van der Waals surface area (Å²) >= 11 is 3.69. The van der Waals surface area contributed by atoms with Gasteiger partial charge in [-0.05, 0) is 25.0 Å². The smallest absolute Gasteiger partial charge is 0.220 e. The van der Waals surface area contributed by atoms with Gasteiger partial charge in [0.1, 0.15) is 5.76 Å². The van der Waals surface area contributed by atoms with E-state index in [-0.39, 0.29) is 11.9 Å². The number of hydrogen-bond donors (Lipinski definition) is 1. The molecule has 1 fully saturated rings. The number of amides is 1. The molecule has 1 aliphatic rings. The molecule has 0 aliphatic heterocycles. The lowest BCUT2D eigenvalue weighted by Gasteiger charge is -2.21. The topological polar surface area (TPSA) is 42.2 Å². The molecule has 1 aromatic rings. The van der Waals surface area contributed by atoms with Crippen LogP contribution in [0.2, 0.25) is 0 Å². The molecule has 0 spiro atoms. The van der Waals surface area contributed by atoms with Gasteiger partial charge >= 0.3 is 0 Å². The molecule has 100 valence electrons. The molecule has 0 bridgehead atoms. The van der Waals surface area contributed by atoms with Crippen molar-refractivity contribution in [2.24, 2.45) is 0 Å². The lowest BCUT2D eigenvalue weighted by Crippen LogP contribution is -2.40. The van der Waals surface area contributed by atoms with Crippen LogP contribution in [0.3, 0.4) is 0 Å². The van der Waals surface area contributed by atoms with Crippen LogP contribution >= 0.6 is 15.9 Å². The Bertz CT molecular complexity index is 364. The molecule has 2 unspecified atom stereocenters. The zero-order valence-corrected chi connectivity index (χ0v) is 12.1. The summed E-state index contributed by atoms with van der Waals surface area (Å²) in [7, 11) is 0. The van der Waals surface area contributed by atoms with Gasteiger partial charge in [0.05, 0.1) is 6.26 Å². The average molecular weight is 314 g/mol. The molecule has 18 heavy (non-hydrogen) atoms. The molecule has 4 heteroatoms. The minimum Gasteiger partial charge on any atom is -0.469 e. The lowest BCUT2D eigenvalue weighted by molar-refractivity contribution is -0.121. The number of hydrogen-bond acceptors (Lipinski definition) is 2. The van der Waals surface area contributed by atoms with Crippen LogP contribution < -0.4 is 5.32 Å². The Labute approximate surface area is 116 Å². The maximum atomic E-state index is 11.9. The third kappa shape index (κ3) is 4.16. The SMILES string of the molecule is O=C(CCc1ccco1)NC1CCCCCC1Br. The number of carbonyl (C=O) groups excluding carboxylic acids is 1. The molecule has 0 saturated heterocycles. The molecule has 1 heterocycles. The molecule has 1 aliphatic carbocycles. The van der Waals surface area contributed by atoms with Crippen molar-refractivity contribution in [3.63, 3.8) is 0 Å². The van der Waals surface area contributed by atoms with Gasteiger partial charge in [0.25, 0.3) is 0 Å². The quantitative estimate of drug-likeness (QED) is 0.683. The van der Waals surface area contributed by atoms with Crippen molar-refractivity contribution in [2.75, 3.05) is 0 Å². The summed E-state index contributed by atoms with van der Waals surface area (Å²) in [5.74, 6) is 1.00. The fraction of sp³-hybridized carbons (Fsp3) is 0.643. The highest BCUT2D eigenvalue weighted by molar-refractivity contribution is 9.09. The van der Waals surface area contributed by atoms with Crippen LogP contribution in [0.25, 0.3) is 0 Å². The average Bonchev–Trinajstić information content (AvgIpc) is 2.80. The highest BCUT2D eigenvalue weighted by Crippen LogP contribution is 2.23. The van der Waals surface area contributed by atoms with Crippen molar-refractivity contribution in [1.29, 1.82) is 0 Å². The Hall–Kier alpha value is -0.770. The first kappa shape index (κ1) is 13.7. The second-order valence-electron chi connectivity index (χ2n) is 4.91. The number of aryl methyl sites for hydroxylation is 1. The Morgan fingerprint density at radius 3 is 3.00 bits per heavy atom. The molecule has 1 aromatic heterocycles. The van der Waals surface area contributed by atoms with Crippen molar-refractivity contribution in [2.45, 2.75) is 55.8 Å². The summed E-state index contributed by atoms with van der Waals surface area (Å²) in [4.78, 5) is 12.3. The number of halogens is 1. The molecule has 1 N–H and O–H groups in total. The lowest BCUT2D eigenvalue weighted by atomic mass is 10.1. The first-order chi connectivity index (χ1) is 8.75. The third-order valence-corrected chi connectivity index (χ3v) is 4.55. The van der Waals surface area contributed by atoms with E-state index in [1.807, 2.05) is 12.1 Å². The van der Waals surface area contributed by atoms with E-state index in [0.717, 1.165) is 18.6 Å². The fourth-order valence-electron chi connectivity index (χ4n) is 2.40. The number of rotatable bonds is 4. The van der Waals surface area contributed by atoms with Gasteiger partial charge in [-0.15, -0.1) is 0 Å². The van der Waals surface area contributed by atoms with E-state index in [1.54, 1.807) is 6.26 Å². The van der Waals surface area contributed by atoms with E-state index in [4.69, 9.17) is 4.42 Å². The normalized spacial score (nSPS) is 24.5. The summed E-state index contributed by atoms with van der Waals surface area (Å²) < 4.78 is 5.23. The summed E-state index contributed by atoms with van der Waals surface area (Å²) in [6.07, 6.45) is 8.82. The van der Waals surface area contributed by atoms with E-state index in [0.29, 0.717) is 17.7 Å². The highest BCUT2D eigenvalue weighted by Gasteiger charge is 2.22. The Kier molecular flexibility index (Phi) is 5.29. The van der Waals surface area contributed by atoms with Crippen LogP contribution in [0.15, 0.2) is 22.8 Å². The maximum Gasteiger partial charge on any atom is 0.220 e. The van der Waals surface area contributed by atoms with Crippen molar-refractivity contribution in [3.05, 3.63) is 24.2 Å². The standard InChI is InChI=1S/C14H20BrNO2/c15-12-6-2-1-3-7-13(12)16-14(17)9-8-11-5-4-10-18-11/h4-5,10,12-13H,1-3,6-9H2,(H,16,17). The van der Waals surface area contributed by atoms with Crippen LogP contribution in [0.5, 0.6) is 0 Å². The van der Waals surface area contributed by atoms with Gasteiger partial charge in [0.15, 0.2) is 0 Å². The molecule has 3 nitrogen and oxygen atoms in total. The van der Waals surface area contributed by atoms with Gasteiger partial charge in [-0.3, -0.25) is 4.79 Å². The van der Waals surface area contributed by atoms with Gasteiger partial charge in [0.2, 0.25) is 5.91 Å². The zero-order valence-electron chi connectivity index (χ0n) is 10.5. The molecule has 2 rings (SSSR count).